The SMILES string of the molecule is CCC(NCc1ccc(OC)cc1)C1CCCN1. The molecule has 3 nitrogen and oxygen atoms in total. The zero-order valence-corrected chi connectivity index (χ0v) is 11.4. The van der Waals surface area contributed by atoms with Gasteiger partial charge in [-0.3, -0.25) is 0 Å². The average molecular weight is 248 g/mol. The smallest absolute Gasteiger partial charge is 0.118 e. The lowest BCUT2D eigenvalue weighted by Gasteiger charge is -2.24. The minimum absolute atomic E-state index is 0.578. The number of ether oxygens (including phenoxy) is 1. The molecule has 0 bridgehead atoms. The van der Waals surface area contributed by atoms with Crippen molar-refractivity contribution in [2.24, 2.45) is 0 Å². The van der Waals surface area contributed by atoms with E-state index in [9.17, 15) is 0 Å². The molecule has 1 aliphatic rings. The third kappa shape index (κ3) is 3.47. The van der Waals surface area contributed by atoms with Gasteiger partial charge in [0.2, 0.25) is 0 Å². The van der Waals surface area contributed by atoms with E-state index in [1.165, 1.54) is 31.4 Å². The molecule has 2 rings (SSSR count). The first-order valence-corrected chi connectivity index (χ1v) is 6.93. The normalized spacial score (nSPS) is 20.9. The highest BCUT2D eigenvalue weighted by Crippen LogP contribution is 2.14. The van der Waals surface area contributed by atoms with Crippen molar-refractivity contribution in [3.05, 3.63) is 29.8 Å². The Kier molecular flexibility index (Phi) is 5.02. The second-order valence-electron chi connectivity index (χ2n) is 4.95. The minimum atomic E-state index is 0.578. The molecule has 0 spiro atoms. The van der Waals surface area contributed by atoms with Crippen molar-refractivity contribution in [2.75, 3.05) is 13.7 Å². The van der Waals surface area contributed by atoms with Crippen LogP contribution in [0.2, 0.25) is 0 Å². The third-order valence-electron chi connectivity index (χ3n) is 3.75. The van der Waals surface area contributed by atoms with E-state index in [4.69, 9.17) is 4.74 Å². The van der Waals surface area contributed by atoms with Gasteiger partial charge >= 0.3 is 0 Å². The van der Waals surface area contributed by atoms with E-state index in [1.807, 2.05) is 12.1 Å². The summed E-state index contributed by atoms with van der Waals surface area (Å²) in [4.78, 5) is 0. The molecular formula is C15H24N2O. The predicted octanol–water partition coefficient (Wildman–Crippen LogP) is 2.32. The molecule has 3 heteroatoms. The lowest BCUT2D eigenvalue weighted by molar-refractivity contribution is 0.390. The van der Waals surface area contributed by atoms with Crippen LogP contribution >= 0.6 is 0 Å². The summed E-state index contributed by atoms with van der Waals surface area (Å²) in [5, 5.41) is 7.24. The lowest BCUT2D eigenvalue weighted by Crippen LogP contribution is -2.44. The van der Waals surface area contributed by atoms with Crippen LogP contribution in [0.1, 0.15) is 31.7 Å². The Hall–Kier alpha value is -1.06. The molecule has 1 aliphatic heterocycles. The van der Waals surface area contributed by atoms with Crippen LogP contribution in [0.15, 0.2) is 24.3 Å². The quantitative estimate of drug-likeness (QED) is 0.810. The number of rotatable bonds is 6. The highest BCUT2D eigenvalue weighted by Gasteiger charge is 2.22. The maximum Gasteiger partial charge on any atom is 0.118 e. The average Bonchev–Trinajstić information content (AvgIpc) is 2.94. The van der Waals surface area contributed by atoms with Crippen LogP contribution in [0.25, 0.3) is 0 Å². The van der Waals surface area contributed by atoms with Crippen molar-refractivity contribution in [1.82, 2.24) is 10.6 Å². The molecule has 0 amide bonds. The van der Waals surface area contributed by atoms with Gasteiger partial charge in [-0.25, -0.2) is 0 Å². The Labute approximate surface area is 110 Å². The van der Waals surface area contributed by atoms with Gasteiger partial charge in [0.15, 0.2) is 0 Å². The molecule has 1 fully saturated rings. The molecule has 0 radical (unpaired) electrons. The number of hydrogen-bond donors (Lipinski definition) is 2. The largest absolute Gasteiger partial charge is 0.497 e. The van der Waals surface area contributed by atoms with Crippen molar-refractivity contribution in [3.8, 4) is 5.75 Å². The van der Waals surface area contributed by atoms with Crippen LogP contribution in [0, 0.1) is 0 Å². The highest BCUT2D eigenvalue weighted by molar-refractivity contribution is 5.27. The van der Waals surface area contributed by atoms with Crippen LogP contribution < -0.4 is 15.4 Å². The van der Waals surface area contributed by atoms with Crippen molar-refractivity contribution in [1.29, 1.82) is 0 Å². The fraction of sp³-hybridized carbons (Fsp3) is 0.600. The maximum atomic E-state index is 5.17. The highest BCUT2D eigenvalue weighted by atomic mass is 16.5. The Bertz CT molecular complexity index is 344. The maximum absolute atomic E-state index is 5.17. The number of nitrogens with one attached hydrogen (secondary N) is 2. The van der Waals surface area contributed by atoms with Crippen LogP contribution in [0.5, 0.6) is 5.75 Å². The van der Waals surface area contributed by atoms with Gasteiger partial charge in [0, 0.05) is 18.6 Å². The molecule has 2 unspecified atom stereocenters. The van der Waals surface area contributed by atoms with Crippen LogP contribution in [0.3, 0.4) is 0 Å². The minimum Gasteiger partial charge on any atom is -0.497 e. The molecule has 1 aromatic rings. The molecule has 18 heavy (non-hydrogen) atoms. The topological polar surface area (TPSA) is 33.3 Å². The van der Waals surface area contributed by atoms with Gasteiger partial charge in [0.25, 0.3) is 0 Å². The van der Waals surface area contributed by atoms with Crippen molar-refractivity contribution < 1.29 is 4.74 Å². The van der Waals surface area contributed by atoms with Crippen molar-refractivity contribution in [3.63, 3.8) is 0 Å². The molecule has 1 heterocycles. The Morgan fingerprint density at radius 1 is 1.39 bits per heavy atom. The molecular weight excluding hydrogens is 224 g/mol. The number of methoxy groups -OCH3 is 1. The zero-order valence-electron chi connectivity index (χ0n) is 11.4. The number of hydrogen-bond acceptors (Lipinski definition) is 3. The monoisotopic (exact) mass is 248 g/mol. The molecule has 2 atom stereocenters. The van der Waals surface area contributed by atoms with E-state index in [2.05, 4.69) is 29.7 Å². The predicted molar refractivity (Wildman–Crippen MR) is 74.9 cm³/mol. The van der Waals surface area contributed by atoms with Gasteiger partial charge in [-0.05, 0) is 43.5 Å². The molecule has 0 aliphatic carbocycles. The summed E-state index contributed by atoms with van der Waals surface area (Å²) in [6, 6.07) is 9.52. The fourth-order valence-corrected chi connectivity index (χ4v) is 2.62. The Morgan fingerprint density at radius 3 is 2.72 bits per heavy atom. The third-order valence-corrected chi connectivity index (χ3v) is 3.75. The lowest BCUT2D eigenvalue weighted by atomic mass is 10.0. The summed E-state index contributed by atoms with van der Waals surface area (Å²) < 4.78 is 5.17. The molecule has 2 N–H and O–H groups in total. The molecule has 1 saturated heterocycles. The summed E-state index contributed by atoms with van der Waals surface area (Å²) in [7, 11) is 1.70. The van der Waals surface area contributed by atoms with Gasteiger partial charge in [-0.15, -0.1) is 0 Å². The van der Waals surface area contributed by atoms with Gasteiger partial charge < -0.3 is 15.4 Å². The first kappa shape index (κ1) is 13.4. The van der Waals surface area contributed by atoms with E-state index in [-0.39, 0.29) is 0 Å². The zero-order chi connectivity index (χ0) is 12.8. The Morgan fingerprint density at radius 2 is 2.17 bits per heavy atom. The Balaban J connectivity index is 1.84. The molecule has 0 aromatic heterocycles. The van der Waals surface area contributed by atoms with E-state index in [1.54, 1.807) is 7.11 Å². The fourth-order valence-electron chi connectivity index (χ4n) is 2.62. The van der Waals surface area contributed by atoms with Crippen LogP contribution in [-0.4, -0.2) is 25.7 Å². The summed E-state index contributed by atoms with van der Waals surface area (Å²) in [5.74, 6) is 0.920. The van der Waals surface area contributed by atoms with Gasteiger partial charge in [-0.2, -0.15) is 0 Å². The summed E-state index contributed by atoms with van der Waals surface area (Å²) in [6.45, 7) is 4.36. The van der Waals surface area contributed by atoms with E-state index < -0.39 is 0 Å². The summed E-state index contributed by atoms with van der Waals surface area (Å²) in [5.41, 5.74) is 1.31. The van der Waals surface area contributed by atoms with E-state index >= 15 is 0 Å². The van der Waals surface area contributed by atoms with E-state index in [0.29, 0.717) is 12.1 Å². The molecule has 0 saturated carbocycles. The van der Waals surface area contributed by atoms with Gasteiger partial charge in [0.05, 0.1) is 7.11 Å². The first-order valence-electron chi connectivity index (χ1n) is 6.93. The second-order valence-corrected chi connectivity index (χ2v) is 4.95. The summed E-state index contributed by atoms with van der Waals surface area (Å²) in [6.07, 6.45) is 3.79. The number of benzene rings is 1. The van der Waals surface area contributed by atoms with Crippen molar-refractivity contribution in [2.45, 2.75) is 44.8 Å². The standard InChI is InChI=1S/C15H24N2O/c1-3-14(15-5-4-10-16-15)17-11-12-6-8-13(18-2)9-7-12/h6-9,14-17H,3-5,10-11H2,1-2H3. The molecule has 100 valence electrons. The van der Waals surface area contributed by atoms with Gasteiger partial charge in [-0.1, -0.05) is 19.1 Å². The first-order chi connectivity index (χ1) is 8.83. The molecule has 1 aromatic carbocycles. The van der Waals surface area contributed by atoms with Crippen LogP contribution in [0.4, 0.5) is 0 Å². The second kappa shape index (κ2) is 6.76. The van der Waals surface area contributed by atoms with Crippen molar-refractivity contribution >= 4 is 0 Å². The summed E-state index contributed by atoms with van der Waals surface area (Å²) >= 11 is 0. The van der Waals surface area contributed by atoms with Crippen LogP contribution in [-0.2, 0) is 6.54 Å². The van der Waals surface area contributed by atoms with Gasteiger partial charge in [0.1, 0.15) is 5.75 Å². The van der Waals surface area contributed by atoms with E-state index in [0.717, 1.165) is 12.3 Å².